The van der Waals surface area contributed by atoms with Crippen molar-refractivity contribution in [2.75, 3.05) is 39.4 Å². The molecule has 3 aliphatic heterocycles. The summed E-state index contributed by atoms with van der Waals surface area (Å²) in [6.07, 6.45) is 4.80. The number of hydrogen-bond donors (Lipinski definition) is 0. The molecule has 0 radical (unpaired) electrons. The van der Waals surface area contributed by atoms with Gasteiger partial charge in [0.25, 0.3) is 0 Å². The number of piperidine rings is 2. The van der Waals surface area contributed by atoms with Crippen LogP contribution in [0, 0.1) is 11.8 Å². The maximum Gasteiger partial charge on any atom is 0.239 e. The van der Waals surface area contributed by atoms with Crippen molar-refractivity contribution >= 4 is 11.7 Å². The normalized spacial score (nSPS) is 20.4. The summed E-state index contributed by atoms with van der Waals surface area (Å²) in [5.41, 5.74) is 2.08. The molecule has 35 heavy (non-hydrogen) atoms. The Bertz CT molecular complexity index is 1020. The molecule has 1 atom stereocenters. The van der Waals surface area contributed by atoms with Gasteiger partial charge in [0.1, 0.15) is 13.2 Å². The summed E-state index contributed by atoms with van der Waals surface area (Å²) < 4.78 is 11.2. The van der Waals surface area contributed by atoms with E-state index in [-0.39, 0.29) is 23.7 Å². The van der Waals surface area contributed by atoms with Gasteiger partial charge in [0.15, 0.2) is 17.3 Å². The number of likely N-dealkylation sites (tertiary alicyclic amines) is 2. The molecule has 0 N–H and O–H groups in total. The second-order valence-electron chi connectivity index (χ2n) is 10.2. The zero-order chi connectivity index (χ0) is 24.2. The lowest BCUT2D eigenvalue weighted by molar-refractivity contribution is -0.138. The topological polar surface area (TPSA) is 59.1 Å². The molecule has 1 amide bonds. The van der Waals surface area contributed by atoms with E-state index in [2.05, 4.69) is 40.1 Å². The van der Waals surface area contributed by atoms with Crippen LogP contribution in [0.4, 0.5) is 0 Å². The lowest BCUT2D eigenvalue weighted by Gasteiger charge is -2.39. The lowest BCUT2D eigenvalue weighted by Crippen LogP contribution is -2.52. The fraction of sp³-hybridized carbons (Fsp3) is 0.517. The Morgan fingerprint density at radius 3 is 2.29 bits per heavy atom. The van der Waals surface area contributed by atoms with Crippen molar-refractivity contribution in [2.45, 2.75) is 45.1 Å². The maximum atomic E-state index is 13.2. The van der Waals surface area contributed by atoms with E-state index in [1.165, 1.54) is 5.56 Å². The van der Waals surface area contributed by atoms with Crippen molar-refractivity contribution in [3.8, 4) is 11.5 Å². The van der Waals surface area contributed by atoms with E-state index in [1.54, 1.807) is 0 Å². The standard InChI is InChI=1S/C29H36N2O4/c1-21(29(33)31-13-9-23(10-14-31)19-22-5-3-2-4-6-22)30-15-11-24(12-16-30)28(32)25-7-8-26-27(20-25)35-18-17-34-26/h2-8,20-21,23-24H,9-19H2,1H3. The molecule has 2 aromatic rings. The van der Waals surface area contributed by atoms with Crippen molar-refractivity contribution in [3.63, 3.8) is 0 Å². The molecule has 3 heterocycles. The molecule has 1 unspecified atom stereocenters. The van der Waals surface area contributed by atoms with Gasteiger partial charge in [-0.05, 0) is 81.8 Å². The fourth-order valence-electron chi connectivity index (χ4n) is 5.71. The minimum atomic E-state index is -0.133. The highest BCUT2D eigenvalue weighted by atomic mass is 16.6. The van der Waals surface area contributed by atoms with Gasteiger partial charge in [-0.2, -0.15) is 0 Å². The van der Waals surface area contributed by atoms with Gasteiger partial charge in [0, 0.05) is 24.6 Å². The van der Waals surface area contributed by atoms with Crippen LogP contribution in [0.25, 0.3) is 0 Å². The van der Waals surface area contributed by atoms with Gasteiger partial charge in [0.05, 0.1) is 6.04 Å². The van der Waals surface area contributed by atoms with Crippen LogP contribution >= 0.6 is 0 Å². The van der Waals surface area contributed by atoms with Gasteiger partial charge < -0.3 is 14.4 Å². The van der Waals surface area contributed by atoms with Crippen LogP contribution in [0.15, 0.2) is 48.5 Å². The molecule has 0 aliphatic carbocycles. The number of fused-ring (bicyclic) bond motifs is 1. The van der Waals surface area contributed by atoms with Crippen LogP contribution in [0.1, 0.15) is 48.5 Å². The van der Waals surface area contributed by atoms with Crippen molar-refractivity contribution in [3.05, 3.63) is 59.7 Å². The van der Waals surface area contributed by atoms with E-state index in [0.717, 1.165) is 58.3 Å². The Hall–Kier alpha value is -2.86. The van der Waals surface area contributed by atoms with E-state index in [0.29, 0.717) is 36.2 Å². The number of ether oxygens (including phenoxy) is 2. The first-order chi connectivity index (χ1) is 17.1. The van der Waals surface area contributed by atoms with Crippen molar-refractivity contribution in [1.82, 2.24) is 9.80 Å². The van der Waals surface area contributed by atoms with Crippen LogP contribution in [0.2, 0.25) is 0 Å². The van der Waals surface area contributed by atoms with E-state index in [1.807, 2.05) is 25.1 Å². The lowest BCUT2D eigenvalue weighted by atomic mass is 9.88. The number of ketones is 1. The molecule has 5 rings (SSSR count). The third kappa shape index (κ3) is 5.53. The summed E-state index contributed by atoms with van der Waals surface area (Å²) in [4.78, 5) is 30.7. The summed E-state index contributed by atoms with van der Waals surface area (Å²) in [5.74, 6) is 2.41. The quantitative estimate of drug-likeness (QED) is 0.584. The van der Waals surface area contributed by atoms with E-state index in [4.69, 9.17) is 9.47 Å². The van der Waals surface area contributed by atoms with E-state index >= 15 is 0 Å². The summed E-state index contributed by atoms with van der Waals surface area (Å²) in [6, 6.07) is 16.0. The molecule has 2 aromatic carbocycles. The van der Waals surface area contributed by atoms with Gasteiger partial charge in [-0.15, -0.1) is 0 Å². The Morgan fingerprint density at radius 2 is 1.57 bits per heavy atom. The summed E-state index contributed by atoms with van der Waals surface area (Å²) in [5, 5.41) is 0. The Kier molecular flexibility index (Phi) is 7.37. The molecule has 3 aliphatic rings. The maximum absolute atomic E-state index is 13.2. The number of amides is 1. The summed E-state index contributed by atoms with van der Waals surface area (Å²) >= 11 is 0. The SMILES string of the molecule is CC(C(=O)N1CCC(Cc2ccccc2)CC1)N1CCC(C(=O)c2ccc3c(c2)OCCO3)CC1. The highest BCUT2D eigenvalue weighted by Gasteiger charge is 2.33. The monoisotopic (exact) mass is 476 g/mol. The molecule has 6 nitrogen and oxygen atoms in total. The third-order valence-corrected chi connectivity index (χ3v) is 7.93. The fourth-order valence-corrected chi connectivity index (χ4v) is 5.71. The van der Waals surface area contributed by atoms with Crippen molar-refractivity contribution in [2.24, 2.45) is 11.8 Å². The van der Waals surface area contributed by atoms with Gasteiger partial charge in [0.2, 0.25) is 5.91 Å². The number of benzene rings is 2. The molecule has 2 saturated heterocycles. The second kappa shape index (κ2) is 10.8. The van der Waals surface area contributed by atoms with Gasteiger partial charge in [-0.25, -0.2) is 0 Å². The molecule has 6 heteroatoms. The first kappa shape index (κ1) is 23.9. The average molecular weight is 477 g/mol. The largest absolute Gasteiger partial charge is 0.486 e. The molecular formula is C29H36N2O4. The zero-order valence-electron chi connectivity index (χ0n) is 20.7. The summed E-state index contributed by atoms with van der Waals surface area (Å²) in [7, 11) is 0. The minimum absolute atomic E-state index is 0.00941. The number of carbonyl (C=O) groups is 2. The Morgan fingerprint density at radius 1 is 0.886 bits per heavy atom. The second-order valence-corrected chi connectivity index (χ2v) is 10.2. The smallest absolute Gasteiger partial charge is 0.239 e. The first-order valence-corrected chi connectivity index (χ1v) is 13.1. The molecule has 0 spiro atoms. The molecule has 0 aromatic heterocycles. The predicted molar refractivity (Wildman–Crippen MR) is 135 cm³/mol. The number of hydrogen-bond acceptors (Lipinski definition) is 5. The highest BCUT2D eigenvalue weighted by molar-refractivity contribution is 5.98. The predicted octanol–water partition coefficient (Wildman–Crippen LogP) is 4.22. The van der Waals surface area contributed by atoms with E-state index < -0.39 is 0 Å². The number of Topliss-reactive ketones (excluding diaryl/α,β-unsaturated/α-hetero) is 1. The molecule has 0 saturated carbocycles. The van der Waals surface area contributed by atoms with Gasteiger partial charge in [-0.1, -0.05) is 30.3 Å². The molecule has 186 valence electrons. The van der Waals surface area contributed by atoms with Gasteiger partial charge in [-0.3, -0.25) is 14.5 Å². The van der Waals surface area contributed by atoms with Crippen LogP contribution in [0.5, 0.6) is 11.5 Å². The summed E-state index contributed by atoms with van der Waals surface area (Å²) in [6.45, 7) is 6.33. The Labute approximate surface area is 208 Å². The Balaban J connectivity index is 1.09. The average Bonchev–Trinajstić information content (AvgIpc) is 2.92. The minimum Gasteiger partial charge on any atom is -0.486 e. The van der Waals surface area contributed by atoms with Gasteiger partial charge >= 0.3 is 0 Å². The molecular weight excluding hydrogens is 440 g/mol. The van der Waals surface area contributed by atoms with Crippen LogP contribution in [0.3, 0.4) is 0 Å². The number of rotatable bonds is 6. The molecule has 2 fully saturated rings. The first-order valence-electron chi connectivity index (χ1n) is 13.1. The third-order valence-electron chi connectivity index (χ3n) is 7.93. The number of carbonyl (C=O) groups excluding carboxylic acids is 2. The van der Waals surface area contributed by atoms with Crippen LogP contribution < -0.4 is 9.47 Å². The van der Waals surface area contributed by atoms with Crippen LogP contribution in [-0.4, -0.2) is 66.9 Å². The van der Waals surface area contributed by atoms with Crippen LogP contribution in [-0.2, 0) is 11.2 Å². The molecule has 0 bridgehead atoms. The van der Waals surface area contributed by atoms with E-state index in [9.17, 15) is 9.59 Å². The highest BCUT2D eigenvalue weighted by Crippen LogP contribution is 2.33. The number of nitrogens with zero attached hydrogens (tertiary/aromatic N) is 2. The zero-order valence-corrected chi connectivity index (χ0v) is 20.7. The van der Waals surface area contributed by atoms with Crippen molar-refractivity contribution in [1.29, 1.82) is 0 Å². The van der Waals surface area contributed by atoms with Crippen molar-refractivity contribution < 1.29 is 19.1 Å².